The first-order chi connectivity index (χ1) is 9.22. The summed E-state index contributed by atoms with van der Waals surface area (Å²) in [6.07, 6.45) is 1.27. The maximum Gasteiger partial charge on any atom is 0.183 e. The first-order valence-electron chi connectivity index (χ1n) is 5.48. The quantitative estimate of drug-likeness (QED) is 0.796. The summed E-state index contributed by atoms with van der Waals surface area (Å²) in [5.41, 5.74) is 7.60. The maximum atomic E-state index is 8.92. The third kappa shape index (κ3) is 2.96. The number of benzene rings is 1. The molecule has 0 atom stereocenters. The Hall–Kier alpha value is -3.12. The molecule has 1 aromatic heterocycles. The summed E-state index contributed by atoms with van der Waals surface area (Å²) < 4.78 is 0. The van der Waals surface area contributed by atoms with Gasteiger partial charge in [-0.05, 0) is 17.7 Å². The van der Waals surface area contributed by atoms with Crippen molar-refractivity contribution < 1.29 is 0 Å². The van der Waals surface area contributed by atoms with Gasteiger partial charge in [-0.15, -0.1) is 0 Å². The second-order valence-corrected chi connectivity index (χ2v) is 3.77. The van der Waals surface area contributed by atoms with Crippen molar-refractivity contribution in [3.63, 3.8) is 0 Å². The van der Waals surface area contributed by atoms with Gasteiger partial charge in [-0.1, -0.05) is 12.1 Å². The van der Waals surface area contributed by atoms with Gasteiger partial charge < -0.3 is 11.1 Å². The molecule has 2 rings (SSSR count). The van der Waals surface area contributed by atoms with Gasteiger partial charge >= 0.3 is 0 Å². The Morgan fingerprint density at radius 1 is 1.16 bits per heavy atom. The molecule has 0 bridgehead atoms. The van der Waals surface area contributed by atoms with Crippen molar-refractivity contribution in [3.05, 3.63) is 47.4 Å². The van der Waals surface area contributed by atoms with E-state index in [2.05, 4.69) is 15.3 Å². The SMILES string of the molecule is N#Cc1cnc(C#N)c(NCc2ccc(N)cc2)n1. The summed E-state index contributed by atoms with van der Waals surface area (Å²) in [7, 11) is 0. The van der Waals surface area contributed by atoms with Crippen molar-refractivity contribution >= 4 is 11.5 Å². The Morgan fingerprint density at radius 3 is 2.53 bits per heavy atom. The second kappa shape index (κ2) is 5.48. The van der Waals surface area contributed by atoms with Crippen LogP contribution in [0.5, 0.6) is 0 Å². The standard InChI is InChI=1S/C13H10N6/c14-5-11-8-17-12(6-15)13(19-11)18-7-9-1-3-10(16)4-2-9/h1-4,8H,7,16H2,(H,18,19). The minimum atomic E-state index is 0.162. The number of rotatable bonds is 3. The van der Waals surface area contributed by atoms with Crippen molar-refractivity contribution in [1.82, 2.24) is 9.97 Å². The lowest BCUT2D eigenvalue weighted by atomic mass is 10.2. The smallest absolute Gasteiger partial charge is 0.183 e. The van der Waals surface area contributed by atoms with E-state index in [9.17, 15) is 0 Å². The van der Waals surface area contributed by atoms with Gasteiger partial charge in [-0.3, -0.25) is 0 Å². The minimum Gasteiger partial charge on any atom is -0.399 e. The fraction of sp³-hybridized carbons (Fsp3) is 0.0769. The van der Waals surface area contributed by atoms with Crippen molar-refractivity contribution in [2.45, 2.75) is 6.54 Å². The van der Waals surface area contributed by atoms with E-state index in [1.54, 1.807) is 12.1 Å². The number of nitrogen functional groups attached to an aromatic ring is 1. The van der Waals surface area contributed by atoms with Crippen LogP contribution < -0.4 is 11.1 Å². The molecule has 6 heteroatoms. The molecule has 0 aliphatic carbocycles. The third-order valence-electron chi connectivity index (χ3n) is 2.43. The molecule has 92 valence electrons. The second-order valence-electron chi connectivity index (χ2n) is 3.77. The number of aromatic nitrogens is 2. The average molecular weight is 250 g/mol. The van der Waals surface area contributed by atoms with E-state index >= 15 is 0 Å². The molecule has 0 fully saturated rings. The Labute approximate surface area is 110 Å². The van der Waals surface area contributed by atoms with E-state index in [0.29, 0.717) is 18.1 Å². The van der Waals surface area contributed by atoms with Gasteiger partial charge in [-0.25, -0.2) is 9.97 Å². The van der Waals surface area contributed by atoms with Gasteiger partial charge in [0.2, 0.25) is 0 Å². The molecular weight excluding hydrogens is 240 g/mol. The zero-order chi connectivity index (χ0) is 13.7. The first kappa shape index (κ1) is 12.3. The van der Waals surface area contributed by atoms with Crippen LogP contribution in [-0.2, 0) is 6.54 Å². The van der Waals surface area contributed by atoms with E-state index in [-0.39, 0.29) is 11.4 Å². The summed E-state index contributed by atoms with van der Waals surface area (Å²) in [6.45, 7) is 0.471. The Kier molecular flexibility index (Phi) is 3.56. The third-order valence-corrected chi connectivity index (χ3v) is 2.43. The highest BCUT2D eigenvalue weighted by Crippen LogP contribution is 2.12. The summed E-state index contributed by atoms with van der Waals surface area (Å²) in [5.74, 6) is 0.304. The summed E-state index contributed by atoms with van der Waals surface area (Å²) >= 11 is 0. The van der Waals surface area contributed by atoms with Crippen molar-refractivity contribution in [3.8, 4) is 12.1 Å². The van der Waals surface area contributed by atoms with E-state index < -0.39 is 0 Å². The minimum absolute atomic E-state index is 0.162. The number of hydrogen-bond acceptors (Lipinski definition) is 6. The molecule has 0 unspecified atom stereocenters. The van der Waals surface area contributed by atoms with Crippen LogP contribution in [0.1, 0.15) is 17.0 Å². The maximum absolute atomic E-state index is 8.92. The predicted octanol–water partition coefficient (Wildman–Crippen LogP) is 1.41. The van der Waals surface area contributed by atoms with Crippen LogP contribution in [-0.4, -0.2) is 9.97 Å². The Balaban J connectivity index is 2.17. The molecule has 6 nitrogen and oxygen atoms in total. The lowest BCUT2D eigenvalue weighted by Crippen LogP contribution is -2.06. The summed E-state index contributed by atoms with van der Waals surface area (Å²) in [5, 5.41) is 20.7. The molecule has 2 aromatic rings. The molecule has 0 saturated heterocycles. The first-order valence-corrected chi connectivity index (χ1v) is 5.48. The molecule has 0 aliphatic heterocycles. The number of nitriles is 2. The van der Waals surface area contributed by atoms with Crippen molar-refractivity contribution in [1.29, 1.82) is 10.5 Å². The summed E-state index contributed by atoms with van der Waals surface area (Å²) in [4.78, 5) is 7.88. The van der Waals surface area contributed by atoms with E-state index in [1.165, 1.54) is 6.20 Å². The van der Waals surface area contributed by atoms with Gasteiger partial charge in [0.05, 0.1) is 6.20 Å². The van der Waals surface area contributed by atoms with Crippen LogP contribution in [0.3, 0.4) is 0 Å². The van der Waals surface area contributed by atoms with Crippen LogP contribution in [0.25, 0.3) is 0 Å². The number of anilines is 2. The molecule has 0 saturated carbocycles. The zero-order valence-electron chi connectivity index (χ0n) is 9.96. The highest BCUT2D eigenvalue weighted by molar-refractivity contribution is 5.49. The lowest BCUT2D eigenvalue weighted by Gasteiger charge is -2.07. The van der Waals surface area contributed by atoms with Gasteiger partial charge in [0.15, 0.2) is 17.2 Å². The highest BCUT2D eigenvalue weighted by atomic mass is 15.0. The normalized spacial score (nSPS) is 9.37. The largest absolute Gasteiger partial charge is 0.399 e. The van der Waals surface area contributed by atoms with Crippen molar-refractivity contribution in [2.24, 2.45) is 0 Å². The fourth-order valence-corrected chi connectivity index (χ4v) is 1.47. The molecule has 3 N–H and O–H groups in total. The number of hydrogen-bond donors (Lipinski definition) is 2. The van der Waals surface area contributed by atoms with Gasteiger partial charge in [0.1, 0.15) is 12.1 Å². The van der Waals surface area contributed by atoms with E-state index in [4.69, 9.17) is 16.3 Å². The van der Waals surface area contributed by atoms with Gasteiger partial charge in [-0.2, -0.15) is 10.5 Å². The van der Waals surface area contributed by atoms with Crippen molar-refractivity contribution in [2.75, 3.05) is 11.1 Å². The van der Waals surface area contributed by atoms with Crippen LogP contribution >= 0.6 is 0 Å². The highest BCUT2D eigenvalue weighted by Gasteiger charge is 2.06. The topological polar surface area (TPSA) is 111 Å². The molecule has 1 heterocycles. The van der Waals surface area contributed by atoms with E-state index in [1.807, 2.05) is 24.3 Å². The summed E-state index contributed by atoms with van der Waals surface area (Å²) in [6, 6.07) is 11.1. The monoisotopic (exact) mass is 250 g/mol. The molecular formula is C13H10N6. The van der Waals surface area contributed by atoms with Crippen LogP contribution in [0, 0.1) is 22.7 Å². The molecule has 0 spiro atoms. The van der Waals surface area contributed by atoms with E-state index in [0.717, 1.165) is 5.56 Å². The lowest BCUT2D eigenvalue weighted by molar-refractivity contribution is 1.06. The molecule has 0 aliphatic rings. The predicted molar refractivity (Wildman–Crippen MR) is 69.6 cm³/mol. The fourth-order valence-electron chi connectivity index (χ4n) is 1.47. The molecule has 0 radical (unpaired) electrons. The van der Waals surface area contributed by atoms with Gasteiger partial charge in [0, 0.05) is 12.2 Å². The average Bonchev–Trinajstić information content (AvgIpc) is 2.46. The number of nitrogens with zero attached hydrogens (tertiary/aromatic N) is 4. The van der Waals surface area contributed by atoms with Crippen LogP contribution in [0.2, 0.25) is 0 Å². The molecule has 0 amide bonds. The molecule has 1 aromatic carbocycles. The van der Waals surface area contributed by atoms with Crippen LogP contribution in [0.15, 0.2) is 30.5 Å². The van der Waals surface area contributed by atoms with Crippen LogP contribution in [0.4, 0.5) is 11.5 Å². The zero-order valence-corrected chi connectivity index (χ0v) is 9.96. The number of nitrogens with one attached hydrogen (secondary N) is 1. The van der Waals surface area contributed by atoms with Gasteiger partial charge in [0.25, 0.3) is 0 Å². The Bertz CT molecular complexity index is 663. The molecule has 19 heavy (non-hydrogen) atoms. The Morgan fingerprint density at radius 2 is 1.89 bits per heavy atom. The number of nitrogens with two attached hydrogens (primary N) is 1.